The van der Waals surface area contributed by atoms with Crippen molar-refractivity contribution in [3.8, 4) is 0 Å². The maximum absolute atomic E-state index is 12.0. The molecule has 1 saturated carbocycles. The molecule has 2 atom stereocenters. The zero-order chi connectivity index (χ0) is 17.4. The Morgan fingerprint density at radius 3 is 2.30 bits per heavy atom. The maximum Gasteiger partial charge on any atom is 0.326 e. The van der Waals surface area contributed by atoms with Gasteiger partial charge in [0.05, 0.1) is 5.92 Å². The molecule has 0 saturated heterocycles. The number of nitrogens with two attached hydrogens (primary N) is 1. The smallest absolute Gasteiger partial charge is 0.326 e. The van der Waals surface area contributed by atoms with E-state index in [0.29, 0.717) is 32.1 Å². The summed E-state index contributed by atoms with van der Waals surface area (Å²) in [6.07, 6.45) is 3.14. The first-order chi connectivity index (χ1) is 10.8. The van der Waals surface area contributed by atoms with Crippen molar-refractivity contribution in [1.29, 1.82) is 0 Å². The summed E-state index contributed by atoms with van der Waals surface area (Å²) in [6.45, 7) is 3.45. The Bertz CT molecular complexity index is 417. The van der Waals surface area contributed by atoms with Crippen LogP contribution in [0.25, 0.3) is 0 Å². The highest BCUT2D eigenvalue weighted by Gasteiger charge is 2.33. The second kappa shape index (κ2) is 9.50. The lowest BCUT2D eigenvalue weighted by atomic mass is 9.79. The van der Waals surface area contributed by atoms with Gasteiger partial charge in [0.25, 0.3) is 0 Å². The molecule has 0 amide bonds. The second-order valence-electron chi connectivity index (χ2n) is 6.07. The summed E-state index contributed by atoms with van der Waals surface area (Å²) >= 11 is 0. The van der Waals surface area contributed by atoms with Crippen molar-refractivity contribution in [1.82, 2.24) is 0 Å². The molecule has 0 aromatic heterocycles. The number of rotatable bonds is 8. The normalized spacial score (nSPS) is 23.6. The van der Waals surface area contributed by atoms with Gasteiger partial charge in [0.15, 0.2) is 0 Å². The highest BCUT2D eigenvalue weighted by molar-refractivity contribution is 5.76. The first-order valence-electron chi connectivity index (χ1n) is 8.23. The van der Waals surface area contributed by atoms with Crippen molar-refractivity contribution in [2.75, 3.05) is 0 Å². The molecule has 2 unspecified atom stereocenters. The minimum Gasteiger partial charge on any atom is -0.481 e. The van der Waals surface area contributed by atoms with E-state index in [-0.39, 0.29) is 11.8 Å². The summed E-state index contributed by atoms with van der Waals surface area (Å²) in [6, 6.07) is -0.818. The van der Waals surface area contributed by atoms with Crippen LogP contribution in [0.2, 0.25) is 0 Å². The number of carbonyl (C=O) groups is 3. The molecule has 0 aromatic rings. The van der Waals surface area contributed by atoms with Gasteiger partial charge in [-0.3, -0.25) is 14.4 Å². The molecule has 0 radical (unpaired) electrons. The molecular formula is C16H27NO6. The van der Waals surface area contributed by atoms with Crippen molar-refractivity contribution >= 4 is 17.9 Å². The van der Waals surface area contributed by atoms with Crippen molar-refractivity contribution in [2.24, 2.45) is 17.6 Å². The first kappa shape index (κ1) is 19.4. The number of aliphatic carboxylic acids is 1. The predicted molar refractivity (Wildman–Crippen MR) is 82.2 cm³/mol. The molecular weight excluding hydrogens is 302 g/mol. The van der Waals surface area contributed by atoms with Crippen LogP contribution in [0.3, 0.4) is 0 Å². The molecule has 1 aliphatic carbocycles. The predicted octanol–water partition coefficient (Wildman–Crippen LogP) is 1.83. The second-order valence-corrected chi connectivity index (χ2v) is 6.07. The Morgan fingerprint density at radius 1 is 1.17 bits per heavy atom. The highest BCUT2D eigenvalue weighted by Crippen LogP contribution is 2.30. The van der Waals surface area contributed by atoms with E-state index in [4.69, 9.17) is 20.3 Å². The van der Waals surface area contributed by atoms with Gasteiger partial charge in [-0.25, -0.2) is 0 Å². The van der Waals surface area contributed by atoms with Crippen LogP contribution in [0.15, 0.2) is 0 Å². The van der Waals surface area contributed by atoms with E-state index in [2.05, 4.69) is 0 Å². The molecule has 3 N–H and O–H groups in total. The number of hydrogen-bond acceptors (Lipinski definition) is 6. The van der Waals surface area contributed by atoms with E-state index in [1.54, 1.807) is 0 Å². The Labute approximate surface area is 136 Å². The standard InChI is InChI=1S/C16H27NO6/c1-3-4-5-13(18)22-10(2)23-16(21)14(17)11-6-8-12(9-7-11)15(19)20/h10-12,14H,3-9,17H2,1-2H3,(H,19,20). The van der Waals surface area contributed by atoms with E-state index in [1.807, 2.05) is 6.92 Å². The monoisotopic (exact) mass is 329 g/mol. The van der Waals surface area contributed by atoms with Gasteiger partial charge < -0.3 is 20.3 Å². The SMILES string of the molecule is CCCCC(=O)OC(C)OC(=O)C(N)C1CCC(C(=O)O)CC1. The fourth-order valence-corrected chi connectivity index (χ4v) is 2.75. The van der Waals surface area contributed by atoms with Crippen LogP contribution < -0.4 is 5.73 Å². The van der Waals surface area contributed by atoms with Gasteiger partial charge in [-0.05, 0) is 38.0 Å². The molecule has 1 rings (SSSR count). The Morgan fingerprint density at radius 2 is 1.78 bits per heavy atom. The minimum atomic E-state index is -0.965. The lowest BCUT2D eigenvalue weighted by Crippen LogP contribution is -2.43. The lowest BCUT2D eigenvalue weighted by Gasteiger charge is -2.29. The van der Waals surface area contributed by atoms with Crippen LogP contribution in [0, 0.1) is 11.8 Å². The van der Waals surface area contributed by atoms with Crippen molar-refractivity contribution < 1.29 is 29.0 Å². The molecule has 132 valence electrons. The molecule has 7 heteroatoms. The number of hydrogen-bond donors (Lipinski definition) is 2. The summed E-state index contributed by atoms with van der Waals surface area (Å²) in [7, 11) is 0. The molecule has 1 aliphatic rings. The lowest BCUT2D eigenvalue weighted by molar-refractivity contribution is -0.186. The summed E-state index contributed by atoms with van der Waals surface area (Å²) in [5.74, 6) is -2.26. The average Bonchev–Trinajstić information content (AvgIpc) is 2.51. The number of ether oxygens (including phenoxy) is 2. The number of carbonyl (C=O) groups excluding carboxylic acids is 2. The molecule has 7 nitrogen and oxygen atoms in total. The number of unbranched alkanes of at least 4 members (excludes halogenated alkanes) is 1. The summed E-state index contributed by atoms with van der Waals surface area (Å²) < 4.78 is 10.1. The Kier molecular flexibility index (Phi) is 8.02. The molecule has 0 aliphatic heterocycles. The third kappa shape index (κ3) is 6.56. The molecule has 0 aromatic carbocycles. The number of esters is 2. The zero-order valence-electron chi connectivity index (χ0n) is 13.8. The van der Waals surface area contributed by atoms with Crippen LogP contribution in [0.5, 0.6) is 0 Å². The Hall–Kier alpha value is -1.63. The van der Waals surface area contributed by atoms with Gasteiger partial charge in [-0.1, -0.05) is 13.3 Å². The van der Waals surface area contributed by atoms with Crippen LogP contribution in [-0.2, 0) is 23.9 Å². The van der Waals surface area contributed by atoms with Gasteiger partial charge in [0.2, 0.25) is 6.29 Å². The van der Waals surface area contributed by atoms with Crippen molar-refractivity contribution in [3.63, 3.8) is 0 Å². The molecule has 0 heterocycles. The van der Waals surface area contributed by atoms with Crippen LogP contribution in [0.4, 0.5) is 0 Å². The van der Waals surface area contributed by atoms with E-state index in [0.717, 1.165) is 12.8 Å². The number of carboxylic acids is 1. The van der Waals surface area contributed by atoms with Gasteiger partial charge in [-0.15, -0.1) is 0 Å². The minimum absolute atomic E-state index is 0.0962. The van der Waals surface area contributed by atoms with Crippen LogP contribution in [-0.4, -0.2) is 35.3 Å². The summed E-state index contributed by atoms with van der Waals surface area (Å²) in [5.41, 5.74) is 5.91. The van der Waals surface area contributed by atoms with Gasteiger partial charge in [0.1, 0.15) is 6.04 Å². The Balaban J connectivity index is 2.36. The molecule has 0 bridgehead atoms. The summed E-state index contributed by atoms with van der Waals surface area (Å²) in [5, 5.41) is 8.97. The third-order valence-corrected chi connectivity index (χ3v) is 4.22. The molecule has 1 fully saturated rings. The average molecular weight is 329 g/mol. The van der Waals surface area contributed by atoms with Crippen LogP contribution >= 0.6 is 0 Å². The quantitative estimate of drug-likeness (QED) is 0.515. The van der Waals surface area contributed by atoms with E-state index >= 15 is 0 Å². The zero-order valence-corrected chi connectivity index (χ0v) is 13.8. The topological polar surface area (TPSA) is 116 Å². The van der Waals surface area contributed by atoms with Crippen LogP contribution in [0.1, 0.15) is 58.8 Å². The van der Waals surface area contributed by atoms with E-state index < -0.39 is 30.2 Å². The van der Waals surface area contributed by atoms with E-state index in [1.165, 1.54) is 6.92 Å². The maximum atomic E-state index is 12.0. The van der Waals surface area contributed by atoms with Crippen molar-refractivity contribution in [2.45, 2.75) is 71.1 Å². The molecule has 23 heavy (non-hydrogen) atoms. The largest absolute Gasteiger partial charge is 0.481 e. The first-order valence-corrected chi connectivity index (χ1v) is 8.23. The third-order valence-electron chi connectivity index (χ3n) is 4.22. The van der Waals surface area contributed by atoms with Gasteiger partial charge in [-0.2, -0.15) is 0 Å². The fraction of sp³-hybridized carbons (Fsp3) is 0.812. The highest BCUT2D eigenvalue weighted by atomic mass is 16.7. The van der Waals surface area contributed by atoms with Gasteiger partial charge >= 0.3 is 17.9 Å². The molecule has 0 spiro atoms. The van der Waals surface area contributed by atoms with E-state index in [9.17, 15) is 14.4 Å². The van der Waals surface area contributed by atoms with Gasteiger partial charge in [0, 0.05) is 13.3 Å². The number of carboxylic acid groups (broad SMARTS) is 1. The fourth-order valence-electron chi connectivity index (χ4n) is 2.75. The van der Waals surface area contributed by atoms with Crippen molar-refractivity contribution in [3.05, 3.63) is 0 Å². The summed E-state index contributed by atoms with van der Waals surface area (Å²) in [4.78, 5) is 34.4.